The molecule has 120 valence electrons. The molecule has 1 atom stereocenters. The molecule has 0 aromatic rings. The predicted octanol–water partition coefficient (Wildman–Crippen LogP) is 1.60. The first-order valence-electron chi connectivity index (χ1n) is 8.06. The molecule has 1 fully saturated rings. The maximum atomic E-state index is 12.3. The molecule has 1 unspecified atom stereocenters. The summed E-state index contributed by atoms with van der Waals surface area (Å²) in [5, 5.41) is 12.3. The number of piperazine rings is 1. The van der Waals surface area contributed by atoms with Crippen molar-refractivity contribution < 1.29 is 4.79 Å². The van der Waals surface area contributed by atoms with Crippen LogP contribution in [0.4, 0.5) is 0 Å². The van der Waals surface area contributed by atoms with Crippen LogP contribution in [-0.4, -0.2) is 59.5 Å². The second-order valence-electron chi connectivity index (χ2n) is 6.39. The third kappa shape index (κ3) is 4.69. The monoisotopic (exact) mass is 294 g/mol. The van der Waals surface area contributed by atoms with E-state index >= 15 is 0 Å². The summed E-state index contributed by atoms with van der Waals surface area (Å²) in [6.07, 6.45) is 1.94. The lowest BCUT2D eigenvalue weighted by Gasteiger charge is -2.42. The van der Waals surface area contributed by atoms with Gasteiger partial charge in [-0.25, -0.2) is 0 Å². The number of hydrogen-bond donors (Lipinski definition) is 1. The van der Waals surface area contributed by atoms with Crippen LogP contribution in [0.15, 0.2) is 0 Å². The summed E-state index contributed by atoms with van der Waals surface area (Å²) in [6, 6.07) is 2.52. The number of nitrogens with zero attached hydrogens (tertiary/aromatic N) is 3. The Balaban J connectivity index is 2.50. The number of rotatable bonds is 6. The van der Waals surface area contributed by atoms with Gasteiger partial charge in [0.1, 0.15) is 5.54 Å². The van der Waals surface area contributed by atoms with Crippen LogP contribution in [0.5, 0.6) is 0 Å². The van der Waals surface area contributed by atoms with Crippen molar-refractivity contribution in [2.24, 2.45) is 0 Å². The molecule has 1 heterocycles. The molecule has 1 amide bonds. The predicted molar refractivity (Wildman–Crippen MR) is 84.8 cm³/mol. The molecule has 0 radical (unpaired) electrons. The summed E-state index contributed by atoms with van der Waals surface area (Å²) < 4.78 is 0. The Morgan fingerprint density at radius 3 is 2.19 bits per heavy atom. The van der Waals surface area contributed by atoms with E-state index in [1.54, 1.807) is 0 Å². The van der Waals surface area contributed by atoms with Crippen LogP contribution in [0.3, 0.4) is 0 Å². The molecule has 5 nitrogen and oxygen atoms in total. The topological polar surface area (TPSA) is 59.4 Å². The highest BCUT2D eigenvalue weighted by atomic mass is 16.2. The van der Waals surface area contributed by atoms with Crippen molar-refractivity contribution in [1.29, 1.82) is 5.26 Å². The summed E-state index contributed by atoms with van der Waals surface area (Å²) in [6.45, 7) is 13.4. The molecular weight excluding hydrogens is 264 g/mol. The van der Waals surface area contributed by atoms with Crippen LogP contribution >= 0.6 is 0 Å². The van der Waals surface area contributed by atoms with Gasteiger partial charge >= 0.3 is 0 Å². The van der Waals surface area contributed by atoms with Gasteiger partial charge in [0.2, 0.25) is 5.91 Å². The van der Waals surface area contributed by atoms with Gasteiger partial charge < -0.3 is 5.32 Å². The number of amides is 1. The maximum Gasteiger partial charge on any atom is 0.237 e. The van der Waals surface area contributed by atoms with E-state index in [9.17, 15) is 10.1 Å². The van der Waals surface area contributed by atoms with Crippen molar-refractivity contribution in [1.82, 2.24) is 15.1 Å². The van der Waals surface area contributed by atoms with Crippen LogP contribution < -0.4 is 5.32 Å². The molecule has 5 heteroatoms. The van der Waals surface area contributed by atoms with Gasteiger partial charge in [-0.15, -0.1) is 0 Å². The second kappa shape index (κ2) is 7.77. The Bertz CT molecular complexity index is 376. The largest absolute Gasteiger partial charge is 0.352 e. The maximum absolute atomic E-state index is 12.3. The van der Waals surface area contributed by atoms with E-state index in [0.29, 0.717) is 0 Å². The van der Waals surface area contributed by atoms with E-state index in [2.05, 4.69) is 35.0 Å². The summed E-state index contributed by atoms with van der Waals surface area (Å²) in [5.74, 6) is 0.122. The molecule has 0 spiro atoms. The Morgan fingerprint density at radius 1 is 1.24 bits per heavy atom. The highest BCUT2D eigenvalue weighted by molar-refractivity contribution is 5.81. The molecule has 0 saturated carbocycles. The van der Waals surface area contributed by atoms with Crippen LogP contribution in [0.25, 0.3) is 0 Å². The summed E-state index contributed by atoms with van der Waals surface area (Å²) in [4.78, 5) is 16.7. The van der Waals surface area contributed by atoms with Crippen LogP contribution in [0.2, 0.25) is 0 Å². The normalized spacial score (nSPS) is 19.3. The van der Waals surface area contributed by atoms with Gasteiger partial charge in [-0.1, -0.05) is 13.8 Å². The molecular formula is C16H30N4O. The number of nitrogens with one attached hydrogen (secondary N) is 1. The molecule has 0 aromatic heterocycles. The fourth-order valence-corrected chi connectivity index (χ4v) is 2.72. The van der Waals surface area contributed by atoms with Gasteiger partial charge in [-0.3, -0.25) is 14.6 Å². The first-order chi connectivity index (χ1) is 9.85. The molecule has 1 aliphatic heterocycles. The zero-order valence-electron chi connectivity index (χ0n) is 14.1. The zero-order chi connectivity index (χ0) is 16.0. The van der Waals surface area contributed by atoms with Crippen molar-refractivity contribution in [2.75, 3.05) is 26.2 Å². The minimum atomic E-state index is -0.424. The molecule has 21 heavy (non-hydrogen) atoms. The van der Waals surface area contributed by atoms with Crippen molar-refractivity contribution in [3.63, 3.8) is 0 Å². The molecule has 1 rings (SSSR count). The standard InChI is InChI=1S/C16H30N4O/c1-6-14(7-2)18-15(21)13(3)19-8-10-20(11-9-19)16(4,5)12-17/h13-14H,6-11H2,1-5H3,(H,18,21). The molecule has 1 N–H and O–H groups in total. The SMILES string of the molecule is CCC(CC)NC(=O)C(C)N1CCN(C(C)(C)C#N)CC1. The Morgan fingerprint density at radius 2 is 1.76 bits per heavy atom. The average Bonchev–Trinajstić information content (AvgIpc) is 2.51. The van der Waals surface area contributed by atoms with Gasteiger partial charge in [-0.05, 0) is 33.6 Å². The fourth-order valence-electron chi connectivity index (χ4n) is 2.72. The highest BCUT2D eigenvalue weighted by Crippen LogP contribution is 2.17. The Kier molecular flexibility index (Phi) is 6.63. The van der Waals surface area contributed by atoms with Crippen LogP contribution in [0, 0.1) is 11.3 Å². The minimum Gasteiger partial charge on any atom is -0.352 e. The zero-order valence-corrected chi connectivity index (χ0v) is 14.1. The van der Waals surface area contributed by atoms with Gasteiger partial charge in [0.15, 0.2) is 0 Å². The molecule has 1 saturated heterocycles. The molecule has 0 bridgehead atoms. The van der Waals surface area contributed by atoms with Crippen molar-refractivity contribution in [3.05, 3.63) is 0 Å². The number of carbonyl (C=O) groups is 1. The smallest absolute Gasteiger partial charge is 0.237 e. The fraction of sp³-hybridized carbons (Fsp3) is 0.875. The van der Waals surface area contributed by atoms with Crippen LogP contribution in [-0.2, 0) is 4.79 Å². The van der Waals surface area contributed by atoms with E-state index in [0.717, 1.165) is 39.0 Å². The van der Waals surface area contributed by atoms with Gasteiger partial charge in [0.25, 0.3) is 0 Å². The summed E-state index contributed by atoms with van der Waals surface area (Å²) in [7, 11) is 0. The summed E-state index contributed by atoms with van der Waals surface area (Å²) >= 11 is 0. The van der Waals surface area contributed by atoms with Gasteiger partial charge in [-0.2, -0.15) is 5.26 Å². The van der Waals surface area contributed by atoms with Crippen molar-refractivity contribution >= 4 is 5.91 Å². The van der Waals surface area contributed by atoms with Crippen LogP contribution in [0.1, 0.15) is 47.5 Å². The molecule has 0 aromatic carbocycles. The van der Waals surface area contributed by atoms with Crippen molar-refractivity contribution in [3.8, 4) is 6.07 Å². The first kappa shape index (κ1) is 17.9. The number of hydrogen-bond acceptors (Lipinski definition) is 4. The van der Waals surface area contributed by atoms with E-state index in [1.165, 1.54) is 0 Å². The van der Waals surface area contributed by atoms with Gasteiger partial charge in [0.05, 0.1) is 12.1 Å². The third-order valence-corrected chi connectivity index (χ3v) is 4.64. The molecule has 1 aliphatic rings. The third-order valence-electron chi connectivity index (χ3n) is 4.64. The first-order valence-corrected chi connectivity index (χ1v) is 8.06. The summed E-state index contributed by atoms with van der Waals surface area (Å²) in [5.41, 5.74) is -0.424. The quantitative estimate of drug-likeness (QED) is 0.808. The van der Waals surface area contributed by atoms with Gasteiger partial charge in [0, 0.05) is 32.2 Å². The lowest BCUT2D eigenvalue weighted by atomic mass is 10.0. The lowest BCUT2D eigenvalue weighted by Crippen LogP contribution is -2.58. The van der Waals surface area contributed by atoms with Crippen molar-refractivity contribution in [2.45, 2.75) is 65.1 Å². The second-order valence-corrected chi connectivity index (χ2v) is 6.39. The molecule has 0 aliphatic carbocycles. The van der Waals surface area contributed by atoms with E-state index < -0.39 is 5.54 Å². The average molecular weight is 294 g/mol. The Labute approximate surface area is 129 Å². The lowest BCUT2D eigenvalue weighted by molar-refractivity contribution is -0.127. The number of nitriles is 1. The number of carbonyl (C=O) groups excluding carboxylic acids is 1. The minimum absolute atomic E-state index is 0.0991. The van der Waals surface area contributed by atoms with E-state index in [1.807, 2.05) is 20.8 Å². The Hall–Kier alpha value is -1.12. The van der Waals surface area contributed by atoms with E-state index in [-0.39, 0.29) is 18.0 Å². The van der Waals surface area contributed by atoms with E-state index in [4.69, 9.17) is 0 Å². The highest BCUT2D eigenvalue weighted by Gasteiger charge is 2.32.